The van der Waals surface area contributed by atoms with Crippen LogP contribution in [0.4, 0.5) is 0 Å². The lowest BCUT2D eigenvalue weighted by Gasteiger charge is -2.31. The molecule has 24 heavy (non-hydrogen) atoms. The fourth-order valence-corrected chi connectivity index (χ4v) is 4.46. The van der Waals surface area contributed by atoms with Gasteiger partial charge in [0.25, 0.3) is 0 Å². The first-order chi connectivity index (χ1) is 11.6. The number of hydrogen-bond acceptors (Lipinski definition) is 4. The molecule has 2 aromatic rings. The Labute approximate surface area is 143 Å². The fourth-order valence-electron chi connectivity index (χ4n) is 3.06. The van der Waals surface area contributed by atoms with Gasteiger partial charge < -0.3 is 4.74 Å². The Balaban J connectivity index is 1.91. The lowest BCUT2D eigenvalue weighted by atomic mass is 9.88. The zero-order valence-electron chi connectivity index (χ0n) is 13.7. The molecule has 0 aliphatic carbocycles. The fraction of sp³-hybridized carbons (Fsp3) is 0.389. The number of hydrogen-bond donors (Lipinski definition) is 1. The molecule has 0 saturated carbocycles. The first kappa shape index (κ1) is 17.1. The Hall–Kier alpha value is -1.76. The van der Waals surface area contributed by atoms with Crippen molar-refractivity contribution in [2.45, 2.75) is 30.7 Å². The van der Waals surface area contributed by atoms with E-state index in [0.29, 0.717) is 18.1 Å². The predicted octanol–water partition coefficient (Wildman–Crippen LogP) is 2.84. The van der Waals surface area contributed by atoms with Crippen LogP contribution in [-0.4, -0.2) is 26.6 Å². The van der Waals surface area contributed by atoms with Crippen LogP contribution >= 0.6 is 0 Å². The maximum Gasteiger partial charge on any atom is 0.241 e. The first-order valence-corrected chi connectivity index (χ1v) is 9.61. The van der Waals surface area contributed by atoms with Crippen LogP contribution in [0.3, 0.4) is 0 Å². The van der Waals surface area contributed by atoms with Crippen molar-refractivity contribution in [3.8, 4) is 0 Å². The molecule has 1 saturated heterocycles. The molecule has 2 heterocycles. The van der Waals surface area contributed by atoms with Gasteiger partial charge in [0.05, 0.1) is 10.9 Å². The van der Waals surface area contributed by atoms with Crippen LogP contribution < -0.4 is 4.72 Å². The maximum absolute atomic E-state index is 12.8. The maximum atomic E-state index is 12.8. The molecular weight excluding hydrogens is 324 g/mol. The normalized spacial score (nSPS) is 17.5. The molecule has 0 spiro atoms. The van der Waals surface area contributed by atoms with Crippen molar-refractivity contribution in [3.63, 3.8) is 0 Å². The van der Waals surface area contributed by atoms with Gasteiger partial charge in [0.15, 0.2) is 0 Å². The van der Waals surface area contributed by atoms with Crippen LogP contribution in [0.5, 0.6) is 0 Å². The van der Waals surface area contributed by atoms with Crippen molar-refractivity contribution < 1.29 is 13.2 Å². The quantitative estimate of drug-likeness (QED) is 0.904. The van der Waals surface area contributed by atoms with Gasteiger partial charge in [0, 0.05) is 25.6 Å². The molecule has 0 bridgehead atoms. The monoisotopic (exact) mass is 346 g/mol. The summed E-state index contributed by atoms with van der Waals surface area (Å²) in [7, 11) is -3.60. The van der Waals surface area contributed by atoms with Crippen molar-refractivity contribution in [3.05, 3.63) is 59.9 Å². The number of sulfonamides is 1. The molecule has 5 nitrogen and oxygen atoms in total. The summed E-state index contributed by atoms with van der Waals surface area (Å²) in [6, 6.07) is 10.4. The topological polar surface area (TPSA) is 68.3 Å². The molecule has 1 fully saturated rings. The Morgan fingerprint density at radius 1 is 1.21 bits per heavy atom. The molecule has 0 radical (unpaired) electrons. The van der Waals surface area contributed by atoms with E-state index in [4.69, 9.17) is 4.74 Å². The van der Waals surface area contributed by atoms with Crippen LogP contribution in [0.15, 0.2) is 53.7 Å². The molecule has 128 valence electrons. The number of nitrogens with zero attached hydrogens (tertiary/aromatic N) is 1. The highest BCUT2D eigenvalue weighted by Crippen LogP contribution is 2.31. The molecule has 0 amide bonds. The summed E-state index contributed by atoms with van der Waals surface area (Å²) >= 11 is 0. The summed E-state index contributed by atoms with van der Waals surface area (Å²) < 4.78 is 34.0. The van der Waals surface area contributed by atoms with E-state index in [1.165, 1.54) is 0 Å². The zero-order chi connectivity index (χ0) is 17.0. The summed E-state index contributed by atoms with van der Waals surface area (Å²) in [6.45, 7) is 3.21. The molecule has 1 atom stereocenters. The highest BCUT2D eigenvalue weighted by molar-refractivity contribution is 7.89. The standard InChI is InChI=1S/C18H22N2O3S/c1-14-4-2-6-17(12-14)24(21,22)20-18(15-7-10-23-11-8-15)16-5-3-9-19-13-16/h2-6,9,12-13,15,18,20H,7-8,10-11H2,1H3/t18-/m0/s1. The summed E-state index contributed by atoms with van der Waals surface area (Å²) in [5.74, 6) is 0.197. The van der Waals surface area contributed by atoms with E-state index in [9.17, 15) is 8.42 Å². The van der Waals surface area contributed by atoms with Crippen molar-refractivity contribution in [1.29, 1.82) is 0 Å². The molecule has 6 heteroatoms. The summed E-state index contributed by atoms with van der Waals surface area (Å²) in [6.07, 6.45) is 5.09. The second-order valence-electron chi connectivity index (χ2n) is 6.15. The van der Waals surface area contributed by atoms with Gasteiger partial charge in [0.2, 0.25) is 10.0 Å². The molecule has 1 aliphatic heterocycles. The third-order valence-corrected chi connectivity index (χ3v) is 5.80. The van der Waals surface area contributed by atoms with E-state index in [0.717, 1.165) is 24.0 Å². The lowest BCUT2D eigenvalue weighted by molar-refractivity contribution is 0.0564. The number of aryl methyl sites for hydroxylation is 1. The average molecular weight is 346 g/mol. The molecule has 0 unspecified atom stereocenters. The van der Waals surface area contributed by atoms with Crippen LogP contribution in [0.25, 0.3) is 0 Å². The number of nitrogens with one attached hydrogen (secondary N) is 1. The second kappa shape index (κ2) is 7.42. The minimum absolute atomic E-state index is 0.197. The molecule has 1 aromatic carbocycles. The van der Waals surface area contributed by atoms with Gasteiger partial charge in [-0.15, -0.1) is 0 Å². The second-order valence-corrected chi connectivity index (χ2v) is 7.87. The number of benzene rings is 1. The molecule has 1 aliphatic rings. The highest BCUT2D eigenvalue weighted by atomic mass is 32.2. The van der Waals surface area contributed by atoms with Gasteiger partial charge in [-0.3, -0.25) is 4.98 Å². The minimum Gasteiger partial charge on any atom is -0.381 e. The van der Waals surface area contributed by atoms with Gasteiger partial charge >= 0.3 is 0 Å². The Bertz CT molecular complexity index is 772. The smallest absolute Gasteiger partial charge is 0.241 e. The van der Waals surface area contributed by atoms with Gasteiger partial charge in [0.1, 0.15) is 0 Å². The largest absolute Gasteiger partial charge is 0.381 e. The van der Waals surface area contributed by atoms with E-state index in [1.807, 2.05) is 25.1 Å². The SMILES string of the molecule is Cc1cccc(S(=O)(=O)N[C@H](c2cccnc2)C2CCOCC2)c1. The van der Waals surface area contributed by atoms with Gasteiger partial charge in [-0.1, -0.05) is 18.2 Å². The van der Waals surface area contributed by atoms with Crippen molar-refractivity contribution >= 4 is 10.0 Å². The van der Waals surface area contributed by atoms with E-state index in [2.05, 4.69) is 9.71 Å². The van der Waals surface area contributed by atoms with Crippen LogP contribution in [0.2, 0.25) is 0 Å². The van der Waals surface area contributed by atoms with Crippen molar-refractivity contribution in [2.24, 2.45) is 5.92 Å². The molecule has 1 aromatic heterocycles. The predicted molar refractivity (Wildman–Crippen MR) is 92.0 cm³/mol. The van der Waals surface area contributed by atoms with Gasteiger partial charge in [-0.05, 0) is 55.0 Å². The summed E-state index contributed by atoms with van der Waals surface area (Å²) in [5.41, 5.74) is 1.81. The lowest BCUT2D eigenvalue weighted by Crippen LogP contribution is -2.36. The molecule has 1 N–H and O–H groups in total. The van der Waals surface area contributed by atoms with E-state index in [-0.39, 0.29) is 12.0 Å². The minimum atomic E-state index is -3.60. The Kier molecular flexibility index (Phi) is 5.28. The Morgan fingerprint density at radius 3 is 2.67 bits per heavy atom. The average Bonchev–Trinajstić information content (AvgIpc) is 2.61. The van der Waals surface area contributed by atoms with Gasteiger partial charge in [-0.2, -0.15) is 0 Å². The van der Waals surface area contributed by atoms with Crippen molar-refractivity contribution in [1.82, 2.24) is 9.71 Å². The van der Waals surface area contributed by atoms with Gasteiger partial charge in [-0.25, -0.2) is 13.1 Å². The van der Waals surface area contributed by atoms with E-state index in [1.54, 1.807) is 30.6 Å². The summed E-state index contributed by atoms with van der Waals surface area (Å²) in [5, 5.41) is 0. The first-order valence-electron chi connectivity index (χ1n) is 8.13. The Morgan fingerprint density at radius 2 is 2.00 bits per heavy atom. The zero-order valence-corrected chi connectivity index (χ0v) is 14.5. The van der Waals surface area contributed by atoms with Crippen molar-refractivity contribution in [2.75, 3.05) is 13.2 Å². The molecule has 3 rings (SSSR count). The molecular formula is C18H22N2O3S. The number of rotatable bonds is 5. The van der Waals surface area contributed by atoms with Crippen LogP contribution in [-0.2, 0) is 14.8 Å². The number of aromatic nitrogens is 1. The third kappa shape index (κ3) is 4.01. The third-order valence-electron chi connectivity index (χ3n) is 4.36. The van der Waals surface area contributed by atoms with E-state index >= 15 is 0 Å². The number of ether oxygens (including phenoxy) is 1. The van der Waals surface area contributed by atoms with Crippen LogP contribution in [0.1, 0.15) is 30.0 Å². The summed E-state index contributed by atoms with van der Waals surface area (Å²) in [4.78, 5) is 4.45. The highest BCUT2D eigenvalue weighted by Gasteiger charge is 2.30. The van der Waals surface area contributed by atoms with Crippen LogP contribution in [0, 0.1) is 12.8 Å². The van der Waals surface area contributed by atoms with E-state index < -0.39 is 10.0 Å². The number of pyridine rings is 1.